The summed E-state index contributed by atoms with van der Waals surface area (Å²) in [5.41, 5.74) is 3.66. The van der Waals surface area contributed by atoms with Crippen molar-refractivity contribution in [2.24, 2.45) is 0 Å². The highest BCUT2D eigenvalue weighted by Crippen LogP contribution is 2.20. The number of carbonyl (C=O) groups is 4. The average molecular weight is 393 g/mol. The Labute approximate surface area is 169 Å². The molecule has 2 aromatic carbocycles. The molecule has 0 unspecified atom stereocenters. The third-order valence-electron chi connectivity index (χ3n) is 4.98. The number of imide groups is 1. The second-order valence-electron chi connectivity index (χ2n) is 7.18. The zero-order chi connectivity index (χ0) is 21.1. The van der Waals surface area contributed by atoms with Crippen LogP contribution in [0, 0.1) is 13.8 Å². The van der Waals surface area contributed by atoms with Crippen molar-refractivity contribution in [1.29, 1.82) is 0 Å². The van der Waals surface area contributed by atoms with Gasteiger partial charge in [0, 0.05) is 18.3 Å². The van der Waals surface area contributed by atoms with Gasteiger partial charge in [-0.05, 0) is 36.6 Å². The molecule has 7 nitrogen and oxygen atoms in total. The Kier molecular flexibility index (Phi) is 5.77. The number of rotatable bonds is 5. The Hall–Kier alpha value is -3.48. The molecule has 0 atom stereocenters. The largest absolute Gasteiger partial charge is 0.335 e. The maximum atomic E-state index is 12.6. The zero-order valence-electron chi connectivity index (χ0n) is 16.7. The Morgan fingerprint density at radius 3 is 2.38 bits per heavy atom. The van der Waals surface area contributed by atoms with Crippen LogP contribution >= 0.6 is 0 Å². The summed E-state index contributed by atoms with van der Waals surface area (Å²) in [7, 11) is 1.47. The van der Waals surface area contributed by atoms with Gasteiger partial charge in [-0.25, -0.2) is 0 Å². The van der Waals surface area contributed by atoms with E-state index < -0.39 is 17.7 Å². The summed E-state index contributed by atoms with van der Waals surface area (Å²) >= 11 is 0. The van der Waals surface area contributed by atoms with Crippen LogP contribution in [0.1, 0.15) is 27.0 Å². The van der Waals surface area contributed by atoms with Gasteiger partial charge in [-0.2, -0.15) is 0 Å². The third-order valence-corrected chi connectivity index (χ3v) is 4.98. The first-order chi connectivity index (χ1) is 13.8. The van der Waals surface area contributed by atoms with E-state index in [9.17, 15) is 19.2 Å². The summed E-state index contributed by atoms with van der Waals surface area (Å²) in [6, 6.07) is 12.5. The van der Waals surface area contributed by atoms with Crippen LogP contribution in [-0.4, -0.2) is 53.6 Å². The van der Waals surface area contributed by atoms with Gasteiger partial charge in [0.2, 0.25) is 17.7 Å². The number of nitrogens with zero attached hydrogens (tertiary/aromatic N) is 2. The minimum Gasteiger partial charge on any atom is -0.335 e. The number of fused-ring (bicyclic) bond motifs is 1. The van der Waals surface area contributed by atoms with E-state index in [1.165, 1.54) is 11.9 Å². The van der Waals surface area contributed by atoms with Crippen molar-refractivity contribution < 1.29 is 19.2 Å². The highest BCUT2D eigenvalue weighted by atomic mass is 16.2. The SMILES string of the molecule is Cc1cccc(C)c1NC(=O)CN(C)C(=O)CN1C(=O)Cc2ccccc2C1=O. The van der Waals surface area contributed by atoms with Crippen LogP contribution in [0.4, 0.5) is 5.69 Å². The predicted octanol–water partition coefficient (Wildman–Crippen LogP) is 1.93. The number of amides is 4. The fourth-order valence-corrected chi connectivity index (χ4v) is 3.31. The van der Waals surface area contributed by atoms with Crippen LogP contribution in [0.5, 0.6) is 0 Å². The maximum Gasteiger partial charge on any atom is 0.261 e. The van der Waals surface area contributed by atoms with Crippen LogP contribution in [0.2, 0.25) is 0 Å². The van der Waals surface area contributed by atoms with Crippen molar-refractivity contribution in [3.63, 3.8) is 0 Å². The lowest BCUT2D eigenvalue weighted by Crippen LogP contribution is -2.48. The lowest BCUT2D eigenvalue weighted by Gasteiger charge is -2.28. The molecule has 1 aliphatic rings. The van der Waals surface area contributed by atoms with Crippen molar-refractivity contribution in [3.05, 3.63) is 64.7 Å². The standard InChI is InChI=1S/C22H23N3O4/c1-14-7-6-8-15(2)21(14)23-18(26)12-24(3)20(28)13-25-19(27)11-16-9-4-5-10-17(16)22(25)29/h4-10H,11-13H2,1-3H3,(H,23,26). The van der Waals surface area contributed by atoms with Crippen molar-refractivity contribution in [2.75, 3.05) is 25.5 Å². The van der Waals surface area contributed by atoms with Gasteiger partial charge in [-0.15, -0.1) is 0 Å². The van der Waals surface area contributed by atoms with Gasteiger partial charge in [0.25, 0.3) is 5.91 Å². The van der Waals surface area contributed by atoms with E-state index in [1.807, 2.05) is 32.0 Å². The molecular formula is C22H23N3O4. The van der Waals surface area contributed by atoms with Gasteiger partial charge in [-0.3, -0.25) is 24.1 Å². The van der Waals surface area contributed by atoms with E-state index in [4.69, 9.17) is 0 Å². The first kappa shape index (κ1) is 20.3. The molecule has 0 spiro atoms. The number of para-hydroxylation sites is 1. The molecule has 0 fully saturated rings. The molecule has 3 rings (SSSR count). The smallest absolute Gasteiger partial charge is 0.261 e. The molecule has 0 aromatic heterocycles. The van der Waals surface area contributed by atoms with Gasteiger partial charge < -0.3 is 10.2 Å². The van der Waals surface area contributed by atoms with E-state index in [0.29, 0.717) is 11.1 Å². The van der Waals surface area contributed by atoms with E-state index in [2.05, 4.69) is 5.32 Å². The number of nitrogens with one attached hydrogen (secondary N) is 1. The summed E-state index contributed by atoms with van der Waals surface area (Å²) in [5.74, 6) is -1.74. The summed E-state index contributed by atoms with van der Waals surface area (Å²) in [4.78, 5) is 52.0. The second-order valence-corrected chi connectivity index (χ2v) is 7.18. The lowest BCUT2D eigenvalue weighted by atomic mass is 9.98. The highest BCUT2D eigenvalue weighted by Gasteiger charge is 2.32. The summed E-state index contributed by atoms with van der Waals surface area (Å²) in [6.07, 6.45) is 0.0754. The van der Waals surface area contributed by atoms with E-state index in [1.54, 1.807) is 24.3 Å². The van der Waals surface area contributed by atoms with Gasteiger partial charge in [0.1, 0.15) is 6.54 Å². The van der Waals surface area contributed by atoms with E-state index in [0.717, 1.165) is 21.7 Å². The quantitative estimate of drug-likeness (QED) is 0.787. The van der Waals surface area contributed by atoms with Crippen molar-refractivity contribution >= 4 is 29.3 Å². The molecule has 0 bridgehead atoms. The average Bonchev–Trinajstić information content (AvgIpc) is 2.68. The number of hydrogen-bond acceptors (Lipinski definition) is 4. The number of aryl methyl sites for hydroxylation is 2. The molecule has 7 heteroatoms. The third kappa shape index (κ3) is 4.34. The van der Waals surface area contributed by atoms with Crippen LogP contribution in [-0.2, 0) is 20.8 Å². The second kappa shape index (κ2) is 8.26. The van der Waals surface area contributed by atoms with Gasteiger partial charge in [0.05, 0.1) is 13.0 Å². The Balaban J connectivity index is 1.63. The minimum absolute atomic E-state index is 0.0754. The Bertz CT molecular complexity index is 979. The van der Waals surface area contributed by atoms with Gasteiger partial charge in [0.15, 0.2) is 0 Å². The van der Waals surface area contributed by atoms with Crippen LogP contribution in [0.15, 0.2) is 42.5 Å². The number of carbonyl (C=O) groups excluding carboxylic acids is 4. The molecule has 0 saturated heterocycles. The fraction of sp³-hybridized carbons (Fsp3) is 0.273. The predicted molar refractivity (Wildman–Crippen MR) is 108 cm³/mol. The molecule has 0 saturated carbocycles. The molecule has 0 radical (unpaired) electrons. The summed E-state index contributed by atoms with van der Waals surface area (Å²) in [6.45, 7) is 3.21. The Morgan fingerprint density at radius 2 is 1.69 bits per heavy atom. The number of hydrogen-bond donors (Lipinski definition) is 1. The normalized spacial score (nSPS) is 13.1. The zero-order valence-corrected chi connectivity index (χ0v) is 16.7. The Morgan fingerprint density at radius 1 is 1.03 bits per heavy atom. The van der Waals surface area contributed by atoms with Gasteiger partial charge >= 0.3 is 0 Å². The molecule has 4 amide bonds. The first-order valence-electron chi connectivity index (χ1n) is 9.30. The molecule has 29 heavy (non-hydrogen) atoms. The van der Waals surface area contributed by atoms with Crippen LogP contribution in [0.25, 0.3) is 0 Å². The van der Waals surface area contributed by atoms with Crippen molar-refractivity contribution in [1.82, 2.24) is 9.80 Å². The van der Waals surface area contributed by atoms with Crippen LogP contribution in [0.3, 0.4) is 0 Å². The van der Waals surface area contributed by atoms with E-state index in [-0.39, 0.29) is 25.4 Å². The van der Waals surface area contributed by atoms with Crippen molar-refractivity contribution in [3.8, 4) is 0 Å². The molecule has 150 valence electrons. The summed E-state index contributed by atoms with van der Waals surface area (Å²) in [5, 5.41) is 2.82. The lowest BCUT2D eigenvalue weighted by molar-refractivity contribution is -0.138. The van der Waals surface area contributed by atoms with E-state index >= 15 is 0 Å². The monoisotopic (exact) mass is 393 g/mol. The minimum atomic E-state index is -0.487. The number of anilines is 1. The topological polar surface area (TPSA) is 86.8 Å². The summed E-state index contributed by atoms with van der Waals surface area (Å²) < 4.78 is 0. The van der Waals surface area contributed by atoms with Gasteiger partial charge in [-0.1, -0.05) is 36.4 Å². The fourth-order valence-electron chi connectivity index (χ4n) is 3.31. The van der Waals surface area contributed by atoms with Crippen LogP contribution < -0.4 is 5.32 Å². The first-order valence-corrected chi connectivity index (χ1v) is 9.30. The number of benzene rings is 2. The molecular weight excluding hydrogens is 370 g/mol. The molecule has 1 N–H and O–H groups in total. The molecule has 1 aliphatic heterocycles. The highest BCUT2D eigenvalue weighted by molar-refractivity contribution is 6.11. The van der Waals surface area contributed by atoms with Crippen molar-refractivity contribution in [2.45, 2.75) is 20.3 Å². The molecule has 1 heterocycles. The molecule has 0 aliphatic carbocycles. The maximum absolute atomic E-state index is 12.6. The molecule has 2 aromatic rings. The number of likely N-dealkylation sites (N-methyl/N-ethyl adjacent to an activating group) is 1.